The van der Waals surface area contributed by atoms with Crippen LogP contribution in [-0.4, -0.2) is 69.6 Å². The van der Waals surface area contributed by atoms with E-state index >= 15 is 0 Å². The van der Waals surface area contributed by atoms with E-state index in [-0.39, 0.29) is 24.7 Å². The zero-order chi connectivity index (χ0) is 22.0. The van der Waals surface area contributed by atoms with Crippen LogP contribution < -0.4 is 4.90 Å². The average Bonchev–Trinajstić information content (AvgIpc) is 3.23. The van der Waals surface area contributed by atoms with E-state index < -0.39 is 0 Å². The molecule has 31 heavy (non-hydrogen) atoms. The third-order valence-electron chi connectivity index (χ3n) is 5.13. The van der Waals surface area contributed by atoms with Gasteiger partial charge in [0.25, 0.3) is 5.78 Å². The third kappa shape index (κ3) is 4.57. The number of methoxy groups -OCH3 is 1. The summed E-state index contributed by atoms with van der Waals surface area (Å²) in [4.78, 5) is 36.1. The van der Waals surface area contributed by atoms with Crippen LogP contribution in [0.4, 0.5) is 5.95 Å². The lowest BCUT2D eigenvalue weighted by Gasteiger charge is -2.34. The fourth-order valence-corrected chi connectivity index (χ4v) is 3.71. The van der Waals surface area contributed by atoms with E-state index in [4.69, 9.17) is 23.2 Å². The van der Waals surface area contributed by atoms with Gasteiger partial charge in [0, 0.05) is 44.4 Å². The predicted octanol–water partition coefficient (Wildman–Crippen LogP) is 2.70. The van der Waals surface area contributed by atoms with E-state index in [1.54, 1.807) is 27.7 Å². The van der Waals surface area contributed by atoms with E-state index in [9.17, 15) is 9.59 Å². The molecule has 162 valence electrons. The Morgan fingerprint density at radius 3 is 2.55 bits per heavy atom. The van der Waals surface area contributed by atoms with E-state index in [0.717, 1.165) is 11.3 Å². The lowest BCUT2D eigenvalue weighted by molar-refractivity contribution is -0.143. The molecule has 0 bridgehead atoms. The smallest absolute Gasteiger partial charge is 0.306 e. The minimum absolute atomic E-state index is 0.0587. The number of carbonyl (C=O) groups is 2. The number of hydrogen-bond acceptors (Lipinski definition) is 7. The molecule has 1 fully saturated rings. The average molecular weight is 463 g/mol. The van der Waals surface area contributed by atoms with Crippen LogP contribution in [0.15, 0.2) is 30.5 Å². The van der Waals surface area contributed by atoms with Crippen molar-refractivity contribution in [3.05, 3.63) is 40.5 Å². The molecule has 0 aliphatic carbocycles. The van der Waals surface area contributed by atoms with Crippen LogP contribution in [0.1, 0.15) is 12.8 Å². The van der Waals surface area contributed by atoms with Gasteiger partial charge in [0.05, 0.1) is 29.3 Å². The lowest BCUT2D eigenvalue weighted by Crippen LogP contribution is -2.49. The van der Waals surface area contributed by atoms with Crippen LogP contribution in [0.25, 0.3) is 17.0 Å². The summed E-state index contributed by atoms with van der Waals surface area (Å²) >= 11 is 12.2. The van der Waals surface area contributed by atoms with Crippen molar-refractivity contribution in [1.29, 1.82) is 0 Å². The Hall–Kier alpha value is -2.91. The topological polar surface area (TPSA) is 92.9 Å². The molecule has 11 heteroatoms. The Labute approximate surface area is 188 Å². The normalized spacial score (nSPS) is 14.2. The van der Waals surface area contributed by atoms with Crippen molar-refractivity contribution in [2.24, 2.45) is 0 Å². The summed E-state index contributed by atoms with van der Waals surface area (Å²) in [7, 11) is 1.31. The van der Waals surface area contributed by atoms with Crippen molar-refractivity contribution in [3.8, 4) is 11.3 Å². The van der Waals surface area contributed by atoms with Gasteiger partial charge in [0.15, 0.2) is 0 Å². The minimum atomic E-state index is -0.383. The molecule has 0 saturated carbocycles. The van der Waals surface area contributed by atoms with Gasteiger partial charge < -0.3 is 14.5 Å². The number of nitrogens with zero attached hydrogens (tertiary/aromatic N) is 6. The molecule has 0 spiro atoms. The Balaban J connectivity index is 1.48. The molecule has 2 aromatic heterocycles. The van der Waals surface area contributed by atoms with E-state index in [1.807, 2.05) is 17.0 Å². The van der Waals surface area contributed by atoms with Crippen molar-refractivity contribution in [2.45, 2.75) is 12.8 Å². The van der Waals surface area contributed by atoms with Crippen molar-refractivity contribution in [2.75, 3.05) is 38.2 Å². The van der Waals surface area contributed by atoms with Crippen LogP contribution in [-0.2, 0) is 14.3 Å². The molecular weight excluding hydrogens is 443 g/mol. The van der Waals surface area contributed by atoms with Crippen LogP contribution in [0.2, 0.25) is 10.0 Å². The molecule has 3 aromatic rings. The molecule has 1 aliphatic heterocycles. The quantitative estimate of drug-likeness (QED) is 0.538. The summed E-state index contributed by atoms with van der Waals surface area (Å²) in [6.45, 7) is 2.23. The van der Waals surface area contributed by atoms with Crippen LogP contribution in [0.5, 0.6) is 0 Å². The van der Waals surface area contributed by atoms with Gasteiger partial charge in [-0.3, -0.25) is 9.59 Å². The van der Waals surface area contributed by atoms with Gasteiger partial charge >= 0.3 is 5.97 Å². The molecule has 1 saturated heterocycles. The first kappa shape index (κ1) is 21.3. The predicted molar refractivity (Wildman–Crippen MR) is 116 cm³/mol. The molecular formula is C20H20Cl2N6O3. The van der Waals surface area contributed by atoms with Crippen molar-refractivity contribution < 1.29 is 14.3 Å². The fourth-order valence-electron chi connectivity index (χ4n) is 3.42. The first-order chi connectivity index (χ1) is 15.0. The lowest BCUT2D eigenvalue weighted by atomic mass is 10.1. The Kier molecular flexibility index (Phi) is 6.24. The molecule has 9 nitrogen and oxygen atoms in total. The van der Waals surface area contributed by atoms with Crippen LogP contribution >= 0.6 is 23.2 Å². The molecule has 1 amide bonds. The van der Waals surface area contributed by atoms with E-state index in [0.29, 0.717) is 48.0 Å². The Morgan fingerprint density at radius 2 is 1.84 bits per heavy atom. The second kappa shape index (κ2) is 9.07. The number of esters is 1. The standard InChI is InChI=1S/C20H20Cl2N6O3/c1-31-18(30)5-4-17(29)26-8-10-27(11-9-26)20-24-19-23-7-6-16(28(19)25-20)13-2-3-14(21)15(22)12-13/h2-3,6-7,12H,4-5,8-11H2,1H3. The van der Waals surface area contributed by atoms with Gasteiger partial charge in [0.2, 0.25) is 11.9 Å². The third-order valence-corrected chi connectivity index (χ3v) is 5.87. The Morgan fingerprint density at radius 1 is 1.06 bits per heavy atom. The number of piperazine rings is 1. The number of ether oxygens (including phenoxy) is 1. The molecule has 0 unspecified atom stereocenters. The first-order valence-electron chi connectivity index (χ1n) is 9.73. The summed E-state index contributed by atoms with van der Waals surface area (Å²) < 4.78 is 6.26. The summed E-state index contributed by atoms with van der Waals surface area (Å²) in [6.07, 6.45) is 1.91. The number of carbonyl (C=O) groups excluding carboxylic acids is 2. The number of halogens is 2. The van der Waals surface area contributed by atoms with Crippen molar-refractivity contribution >= 4 is 46.8 Å². The number of amides is 1. The maximum atomic E-state index is 12.3. The van der Waals surface area contributed by atoms with Gasteiger partial charge in [-0.1, -0.05) is 29.3 Å². The summed E-state index contributed by atoms with van der Waals surface area (Å²) in [5.74, 6) is 0.569. The van der Waals surface area contributed by atoms with Crippen LogP contribution in [0.3, 0.4) is 0 Å². The van der Waals surface area contributed by atoms with Gasteiger partial charge in [-0.25, -0.2) is 4.98 Å². The Bertz CT molecular complexity index is 1130. The first-order valence-corrected chi connectivity index (χ1v) is 10.5. The highest BCUT2D eigenvalue weighted by Crippen LogP contribution is 2.28. The number of benzene rings is 1. The van der Waals surface area contributed by atoms with Gasteiger partial charge in [0.1, 0.15) is 0 Å². The zero-order valence-electron chi connectivity index (χ0n) is 16.8. The number of hydrogen-bond donors (Lipinski definition) is 0. The molecule has 0 radical (unpaired) electrons. The zero-order valence-corrected chi connectivity index (χ0v) is 18.3. The van der Waals surface area contributed by atoms with E-state index in [2.05, 4.69) is 19.8 Å². The monoisotopic (exact) mass is 462 g/mol. The highest BCUT2D eigenvalue weighted by atomic mass is 35.5. The van der Waals surface area contributed by atoms with Gasteiger partial charge in [-0.2, -0.15) is 9.50 Å². The van der Waals surface area contributed by atoms with E-state index in [1.165, 1.54) is 7.11 Å². The molecule has 4 rings (SSSR count). The molecule has 0 N–H and O–H groups in total. The largest absolute Gasteiger partial charge is 0.469 e. The second-order valence-corrected chi connectivity index (χ2v) is 7.84. The maximum Gasteiger partial charge on any atom is 0.306 e. The number of anilines is 1. The SMILES string of the molecule is COC(=O)CCC(=O)N1CCN(c2nc3nccc(-c4ccc(Cl)c(Cl)c4)n3n2)CC1. The van der Waals surface area contributed by atoms with Gasteiger partial charge in [-0.05, 0) is 18.2 Å². The summed E-state index contributed by atoms with van der Waals surface area (Å²) in [5.41, 5.74) is 1.64. The van der Waals surface area contributed by atoms with Gasteiger partial charge in [-0.15, -0.1) is 5.10 Å². The molecule has 0 atom stereocenters. The highest BCUT2D eigenvalue weighted by molar-refractivity contribution is 6.42. The van der Waals surface area contributed by atoms with Crippen LogP contribution in [0, 0.1) is 0 Å². The minimum Gasteiger partial charge on any atom is -0.469 e. The molecule has 3 heterocycles. The highest BCUT2D eigenvalue weighted by Gasteiger charge is 2.24. The summed E-state index contributed by atoms with van der Waals surface area (Å²) in [5, 5.41) is 5.57. The summed E-state index contributed by atoms with van der Waals surface area (Å²) in [6, 6.07) is 7.21. The number of fused-ring (bicyclic) bond motifs is 1. The molecule has 1 aromatic carbocycles. The van der Waals surface area contributed by atoms with Crippen molar-refractivity contribution in [1.82, 2.24) is 24.5 Å². The molecule has 1 aliphatic rings. The fraction of sp³-hybridized carbons (Fsp3) is 0.350. The number of aromatic nitrogens is 4. The second-order valence-electron chi connectivity index (χ2n) is 7.03. The number of rotatable bonds is 5. The van der Waals surface area contributed by atoms with Crippen molar-refractivity contribution in [3.63, 3.8) is 0 Å². The maximum absolute atomic E-state index is 12.3.